The minimum Gasteiger partial charge on any atom is -0.508 e. The van der Waals surface area contributed by atoms with E-state index in [0.29, 0.717) is 48.6 Å². The molecule has 2 aliphatic rings. The zero-order chi connectivity index (χ0) is 36.8. The van der Waals surface area contributed by atoms with Crippen molar-refractivity contribution in [2.75, 3.05) is 6.54 Å². The van der Waals surface area contributed by atoms with Gasteiger partial charge in [-0.1, -0.05) is 36.4 Å². The van der Waals surface area contributed by atoms with Gasteiger partial charge in [-0.2, -0.15) is 0 Å². The number of carbonyl (C=O) groups excluding carboxylic acids is 3. The average Bonchev–Trinajstić information content (AvgIpc) is 3.76. The lowest BCUT2D eigenvalue weighted by atomic mass is 9.90. The molecule has 2 aliphatic heterocycles. The number of hydrogen-bond donors (Lipinski definition) is 3. The number of phenols is 1. The maximum absolute atomic E-state index is 14.8. The summed E-state index contributed by atoms with van der Waals surface area (Å²) < 4.78 is 7.71. The predicted molar refractivity (Wildman–Crippen MR) is 201 cm³/mol. The van der Waals surface area contributed by atoms with Crippen LogP contribution in [-0.2, 0) is 39.5 Å². The third kappa shape index (κ3) is 6.50. The van der Waals surface area contributed by atoms with E-state index in [1.165, 1.54) is 11.8 Å². The van der Waals surface area contributed by atoms with Crippen molar-refractivity contribution in [3.05, 3.63) is 136 Å². The fraction of sp³-hybridized carbons (Fsp3) is 0.238. The number of nitrogens with one attached hydrogen (secondary N) is 2. The number of phenolic OH excluding ortho intramolecular Hbond substituents is 1. The Morgan fingerprint density at radius 2 is 1.74 bits per heavy atom. The van der Waals surface area contributed by atoms with E-state index in [1.807, 2.05) is 53.8 Å². The molecule has 3 aromatic heterocycles. The van der Waals surface area contributed by atoms with Crippen LogP contribution < -0.4 is 10.1 Å². The van der Waals surface area contributed by atoms with Crippen LogP contribution in [-0.4, -0.2) is 59.9 Å². The summed E-state index contributed by atoms with van der Waals surface area (Å²) in [5.41, 5.74) is 9.15. The molecule has 6 aromatic rings. The molecule has 8 rings (SSSR count). The highest BCUT2D eigenvalue weighted by atomic mass is 16.6. The SMILES string of the molecule is Cc1c(C(=O)NCc2ccc(O)cc2)cc(-c2cc3c(cc2C(=O)N2Cc4ccccc4C[C@H]2C)CN(C(=O)Oc2cnc4[nH]ccc4c2)CC3)n1C. The lowest BCUT2D eigenvalue weighted by Crippen LogP contribution is -2.43. The number of nitrogens with zero attached hydrogens (tertiary/aromatic N) is 4. The largest absolute Gasteiger partial charge is 0.508 e. The molecule has 53 heavy (non-hydrogen) atoms. The topological polar surface area (TPSA) is 133 Å². The molecule has 0 spiro atoms. The van der Waals surface area contributed by atoms with Crippen molar-refractivity contribution >= 4 is 28.9 Å². The molecule has 268 valence electrons. The first kappa shape index (κ1) is 33.8. The van der Waals surface area contributed by atoms with Gasteiger partial charge >= 0.3 is 6.09 Å². The second kappa shape index (κ2) is 13.6. The van der Waals surface area contributed by atoms with Crippen LogP contribution in [0.25, 0.3) is 22.3 Å². The molecular weight excluding hydrogens is 668 g/mol. The molecule has 11 nitrogen and oxygen atoms in total. The highest BCUT2D eigenvalue weighted by Crippen LogP contribution is 2.35. The van der Waals surface area contributed by atoms with E-state index in [4.69, 9.17) is 4.74 Å². The molecule has 0 unspecified atom stereocenters. The number of amides is 3. The second-order valence-corrected chi connectivity index (χ2v) is 14.0. The highest BCUT2D eigenvalue weighted by Gasteiger charge is 2.32. The van der Waals surface area contributed by atoms with Crippen molar-refractivity contribution in [1.82, 2.24) is 29.7 Å². The number of H-pyrrole nitrogens is 1. The Hall–Kier alpha value is -6.36. The third-order valence-corrected chi connectivity index (χ3v) is 10.6. The standard InChI is InChI=1S/C42H40N6O5/c1-25-16-28-6-4-5-7-31(28)24-48(25)41(51)37-19-32-23-47(42(52)53-34-17-30-12-14-43-39(30)44-22-34)15-13-29(32)18-36(37)38-20-35(26(2)46(38)3)40(50)45-21-27-8-10-33(49)11-9-27/h4-12,14,17-20,22,25,49H,13,15-16,21,23-24H2,1-3H3,(H,43,44)(H,45,50)/t25-/m1/s1. The van der Waals surface area contributed by atoms with Gasteiger partial charge in [0.05, 0.1) is 11.8 Å². The van der Waals surface area contributed by atoms with Gasteiger partial charge in [-0.25, -0.2) is 9.78 Å². The van der Waals surface area contributed by atoms with Crippen molar-refractivity contribution in [2.45, 2.75) is 52.4 Å². The first-order valence-electron chi connectivity index (χ1n) is 17.8. The van der Waals surface area contributed by atoms with Gasteiger partial charge in [0.25, 0.3) is 11.8 Å². The molecule has 5 heterocycles. The normalized spacial score (nSPS) is 15.2. The Morgan fingerprint density at radius 1 is 0.943 bits per heavy atom. The van der Waals surface area contributed by atoms with Crippen molar-refractivity contribution in [3.8, 4) is 22.8 Å². The number of fused-ring (bicyclic) bond motifs is 3. The fourth-order valence-electron chi connectivity index (χ4n) is 7.48. The Kier molecular flexibility index (Phi) is 8.69. The third-order valence-electron chi connectivity index (χ3n) is 10.6. The molecule has 0 saturated heterocycles. The Morgan fingerprint density at radius 3 is 2.55 bits per heavy atom. The van der Waals surface area contributed by atoms with Gasteiger partial charge < -0.3 is 34.5 Å². The summed E-state index contributed by atoms with van der Waals surface area (Å²) in [7, 11) is 1.91. The smallest absolute Gasteiger partial charge is 0.415 e. The van der Waals surface area contributed by atoms with E-state index >= 15 is 0 Å². The molecule has 3 N–H and O–H groups in total. The van der Waals surface area contributed by atoms with Crippen molar-refractivity contribution < 1.29 is 24.2 Å². The van der Waals surface area contributed by atoms with Gasteiger partial charge in [0.15, 0.2) is 5.75 Å². The Bertz CT molecular complexity index is 2390. The van der Waals surface area contributed by atoms with Crippen LogP contribution in [0, 0.1) is 6.92 Å². The first-order chi connectivity index (χ1) is 25.6. The minimum absolute atomic E-state index is 0.0323. The van der Waals surface area contributed by atoms with Gasteiger partial charge in [-0.05, 0) is 97.0 Å². The highest BCUT2D eigenvalue weighted by molar-refractivity contribution is 6.03. The number of pyridine rings is 1. The summed E-state index contributed by atoms with van der Waals surface area (Å²) in [6.07, 6.45) is 4.15. The van der Waals surface area contributed by atoms with Crippen LogP contribution in [0.5, 0.6) is 11.5 Å². The lowest BCUT2D eigenvalue weighted by molar-refractivity contribution is 0.0658. The molecule has 0 saturated carbocycles. The maximum atomic E-state index is 14.8. The molecule has 3 amide bonds. The summed E-state index contributed by atoms with van der Waals surface area (Å²) in [6, 6.07) is 24.4. The number of rotatable bonds is 6. The summed E-state index contributed by atoms with van der Waals surface area (Å²) in [6.45, 7) is 5.49. The zero-order valence-corrected chi connectivity index (χ0v) is 29.8. The van der Waals surface area contributed by atoms with Crippen molar-refractivity contribution in [2.24, 2.45) is 7.05 Å². The number of benzene rings is 3. The summed E-state index contributed by atoms with van der Waals surface area (Å²) in [5, 5.41) is 13.5. The van der Waals surface area contributed by atoms with Crippen LogP contribution in [0.1, 0.15) is 61.2 Å². The first-order valence-corrected chi connectivity index (χ1v) is 17.8. The van der Waals surface area contributed by atoms with Crippen LogP contribution in [0.15, 0.2) is 91.3 Å². The molecule has 0 aliphatic carbocycles. The van der Waals surface area contributed by atoms with Crippen molar-refractivity contribution in [1.29, 1.82) is 0 Å². The minimum atomic E-state index is -0.480. The fourth-order valence-corrected chi connectivity index (χ4v) is 7.48. The summed E-state index contributed by atoms with van der Waals surface area (Å²) in [5.74, 6) is 0.190. The van der Waals surface area contributed by atoms with Crippen LogP contribution >= 0.6 is 0 Å². The monoisotopic (exact) mass is 708 g/mol. The van der Waals surface area contributed by atoms with E-state index < -0.39 is 6.09 Å². The predicted octanol–water partition coefficient (Wildman–Crippen LogP) is 6.66. The second-order valence-electron chi connectivity index (χ2n) is 14.0. The quantitative estimate of drug-likeness (QED) is 0.177. The van der Waals surface area contributed by atoms with Crippen LogP contribution in [0.2, 0.25) is 0 Å². The molecule has 0 bridgehead atoms. The number of carbonyl (C=O) groups is 3. The Labute approximate surface area is 306 Å². The number of aromatic amines is 1. The molecule has 1 atom stereocenters. The number of aromatic nitrogens is 3. The van der Waals surface area contributed by atoms with Crippen molar-refractivity contribution in [3.63, 3.8) is 0 Å². The van der Waals surface area contributed by atoms with E-state index in [1.54, 1.807) is 41.4 Å². The van der Waals surface area contributed by atoms with Crippen LogP contribution in [0.3, 0.4) is 0 Å². The lowest BCUT2D eigenvalue weighted by Gasteiger charge is -2.36. The number of aromatic hydroxyl groups is 1. The average molecular weight is 709 g/mol. The molecular formula is C42H40N6O5. The van der Waals surface area contributed by atoms with Crippen LogP contribution in [0.4, 0.5) is 4.79 Å². The molecule has 3 aromatic carbocycles. The van der Waals surface area contributed by atoms with Gasteiger partial charge in [0.2, 0.25) is 0 Å². The van der Waals surface area contributed by atoms with E-state index in [0.717, 1.165) is 51.0 Å². The molecule has 11 heteroatoms. The van der Waals surface area contributed by atoms with E-state index in [-0.39, 0.29) is 30.2 Å². The number of ether oxygens (including phenoxy) is 1. The molecule has 0 radical (unpaired) electrons. The molecule has 0 fully saturated rings. The van der Waals surface area contributed by atoms with E-state index in [2.05, 4.69) is 40.4 Å². The summed E-state index contributed by atoms with van der Waals surface area (Å²) in [4.78, 5) is 52.7. The van der Waals surface area contributed by atoms with Gasteiger partial charge in [0.1, 0.15) is 11.4 Å². The summed E-state index contributed by atoms with van der Waals surface area (Å²) >= 11 is 0. The Balaban J connectivity index is 1.12. The van der Waals surface area contributed by atoms with Gasteiger partial charge in [-0.15, -0.1) is 0 Å². The number of hydrogen-bond acceptors (Lipinski definition) is 6. The zero-order valence-electron chi connectivity index (χ0n) is 29.8. The van der Waals surface area contributed by atoms with Gasteiger partial charge in [0, 0.05) is 73.4 Å². The van der Waals surface area contributed by atoms with Gasteiger partial charge in [-0.3, -0.25) is 9.59 Å². The van der Waals surface area contributed by atoms with E-state index in [9.17, 15) is 19.5 Å². The maximum Gasteiger partial charge on any atom is 0.415 e.